The number of nitrogens with one attached hydrogen (secondary N) is 1. The number of hydrogen-bond donors (Lipinski definition) is 2. The molecule has 1 aromatic carbocycles. The van der Waals surface area contributed by atoms with Crippen LogP contribution in [-0.4, -0.2) is 15.8 Å². The molecule has 0 bridgehead atoms. The Balaban J connectivity index is 2.21. The SMILES string of the molecule is Cc1nc(CNC(=O)c2cc(F)cc([N+](=O)[O-])c2N)oc1C. The first-order valence-electron chi connectivity index (χ1n) is 6.24. The lowest BCUT2D eigenvalue weighted by Crippen LogP contribution is -2.24. The Hall–Kier alpha value is -2.97. The summed E-state index contributed by atoms with van der Waals surface area (Å²) in [5, 5.41) is 13.2. The molecule has 116 valence electrons. The number of nitrogens with two attached hydrogens (primary N) is 1. The average Bonchev–Trinajstić information content (AvgIpc) is 2.77. The van der Waals surface area contributed by atoms with Gasteiger partial charge in [-0.25, -0.2) is 9.37 Å². The number of carbonyl (C=O) groups excluding carboxylic acids is 1. The van der Waals surface area contributed by atoms with Crippen molar-refractivity contribution in [2.45, 2.75) is 20.4 Å². The Bertz CT molecular complexity index is 737. The molecule has 0 fully saturated rings. The van der Waals surface area contributed by atoms with E-state index in [0.717, 1.165) is 6.07 Å². The maximum atomic E-state index is 13.4. The molecule has 0 saturated carbocycles. The minimum atomic E-state index is -0.922. The molecule has 2 aromatic rings. The van der Waals surface area contributed by atoms with Crippen molar-refractivity contribution in [1.82, 2.24) is 10.3 Å². The van der Waals surface area contributed by atoms with Crippen molar-refractivity contribution in [2.75, 3.05) is 5.73 Å². The van der Waals surface area contributed by atoms with Crippen LogP contribution in [0.1, 0.15) is 27.7 Å². The molecule has 0 aliphatic carbocycles. The van der Waals surface area contributed by atoms with E-state index in [9.17, 15) is 19.3 Å². The zero-order chi connectivity index (χ0) is 16.4. The molecule has 9 heteroatoms. The van der Waals surface area contributed by atoms with Crippen LogP contribution in [0.4, 0.5) is 15.8 Å². The second kappa shape index (κ2) is 5.80. The van der Waals surface area contributed by atoms with Crippen LogP contribution in [0, 0.1) is 29.8 Å². The van der Waals surface area contributed by atoms with E-state index in [1.165, 1.54) is 0 Å². The van der Waals surface area contributed by atoms with Gasteiger partial charge < -0.3 is 15.5 Å². The van der Waals surface area contributed by atoms with Crippen molar-refractivity contribution in [3.05, 3.63) is 51.0 Å². The summed E-state index contributed by atoms with van der Waals surface area (Å²) in [4.78, 5) is 26.0. The number of carbonyl (C=O) groups is 1. The maximum Gasteiger partial charge on any atom is 0.295 e. The van der Waals surface area contributed by atoms with Gasteiger partial charge in [0, 0.05) is 0 Å². The smallest absolute Gasteiger partial charge is 0.295 e. The maximum absolute atomic E-state index is 13.4. The molecule has 0 radical (unpaired) electrons. The second-order valence-corrected chi connectivity index (χ2v) is 4.58. The standard InChI is InChI=1S/C13H13FN4O4/c1-6-7(2)22-11(17-6)5-16-13(19)9-3-8(14)4-10(12(9)15)18(20)21/h3-4H,5,15H2,1-2H3,(H,16,19). The summed E-state index contributed by atoms with van der Waals surface area (Å²) < 4.78 is 18.7. The van der Waals surface area contributed by atoms with Crippen LogP contribution in [0.15, 0.2) is 16.5 Å². The van der Waals surface area contributed by atoms with E-state index >= 15 is 0 Å². The molecule has 0 saturated heterocycles. The van der Waals surface area contributed by atoms with E-state index in [0.29, 0.717) is 17.5 Å². The second-order valence-electron chi connectivity index (χ2n) is 4.58. The fourth-order valence-corrected chi connectivity index (χ4v) is 1.81. The van der Waals surface area contributed by atoms with E-state index in [2.05, 4.69) is 10.3 Å². The Kier molecular flexibility index (Phi) is 4.06. The predicted molar refractivity (Wildman–Crippen MR) is 74.6 cm³/mol. The number of nitrogens with zero attached hydrogens (tertiary/aromatic N) is 2. The van der Waals surface area contributed by atoms with E-state index in [1.54, 1.807) is 13.8 Å². The number of nitrogen functional groups attached to an aromatic ring is 1. The molecule has 0 aliphatic heterocycles. The van der Waals surface area contributed by atoms with E-state index in [4.69, 9.17) is 10.2 Å². The summed E-state index contributed by atoms with van der Waals surface area (Å²) in [5.74, 6) is -0.791. The Morgan fingerprint density at radius 2 is 2.18 bits per heavy atom. The van der Waals surface area contributed by atoms with E-state index < -0.39 is 28.0 Å². The lowest BCUT2D eigenvalue weighted by molar-refractivity contribution is -0.384. The first-order valence-corrected chi connectivity index (χ1v) is 6.24. The number of amides is 1. The molecule has 0 aliphatic rings. The van der Waals surface area contributed by atoms with Crippen molar-refractivity contribution in [2.24, 2.45) is 0 Å². The highest BCUT2D eigenvalue weighted by molar-refractivity contribution is 6.00. The van der Waals surface area contributed by atoms with Gasteiger partial charge in [-0.05, 0) is 19.9 Å². The van der Waals surface area contributed by atoms with Gasteiger partial charge in [-0.15, -0.1) is 0 Å². The van der Waals surface area contributed by atoms with Crippen LogP contribution >= 0.6 is 0 Å². The van der Waals surface area contributed by atoms with Crippen LogP contribution < -0.4 is 11.1 Å². The number of halogens is 1. The van der Waals surface area contributed by atoms with Gasteiger partial charge in [-0.2, -0.15) is 0 Å². The number of aryl methyl sites for hydroxylation is 2. The third kappa shape index (κ3) is 3.03. The molecule has 2 rings (SSSR count). The highest BCUT2D eigenvalue weighted by Crippen LogP contribution is 2.26. The Morgan fingerprint density at radius 1 is 1.50 bits per heavy atom. The summed E-state index contributed by atoms with van der Waals surface area (Å²) in [6, 6.07) is 1.50. The lowest BCUT2D eigenvalue weighted by atomic mass is 10.1. The van der Waals surface area contributed by atoms with Crippen LogP contribution in [0.2, 0.25) is 0 Å². The topological polar surface area (TPSA) is 124 Å². The van der Waals surface area contributed by atoms with Crippen LogP contribution in [-0.2, 0) is 6.54 Å². The van der Waals surface area contributed by atoms with Crippen molar-refractivity contribution < 1.29 is 18.5 Å². The highest BCUT2D eigenvalue weighted by atomic mass is 19.1. The summed E-state index contributed by atoms with van der Waals surface area (Å²) >= 11 is 0. The number of nitro groups is 1. The molecular formula is C13H13FN4O4. The van der Waals surface area contributed by atoms with E-state index in [1.807, 2.05) is 0 Å². The van der Waals surface area contributed by atoms with Gasteiger partial charge >= 0.3 is 0 Å². The molecule has 0 atom stereocenters. The highest BCUT2D eigenvalue weighted by Gasteiger charge is 2.22. The quantitative estimate of drug-likeness (QED) is 0.504. The molecule has 0 unspecified atom stereocenters. The molecule has 8 nitrogen and oxygen atoms in total. The van der Waals surface area contributed by atoms with Gasteiger partial charge in [0.05, 0.1) is 28.8 Å². The van der Waals surface area contributed by atoms with Crippen LogP contribution in [0.25, 0.3) is 0 Å². The number of benzene rings is 1. The number of anilines is 1. The van der Waals surface area contributed by atoms with Crippen molar-refractivity contribution >= 4 is 17.3 Å². The number of nitro benzene ring substituents is 1. The van der Waals surface area contributed by atoms with E-state index in [-0.39, 0.29) is 18.0 Å². The summed E-state index contributed by atoms with van der Waals surface area (Å²) in [6.07, 6.45) is 0. The normalized spacial score (nSPS) is 10.5. The Morgan fingerprint density at radius 3 is 2.73 bits per heavy atom. The molecule has 1 aromatic heterocycles. The van der Waals surface area contributed by atoms with Gasteiger partial charge in [0.25, 0.3) is 11.6 Å². The Labute approximate surface area is 124 Å². The minimum Gasteiger partial charge on any atom is -0.444 e. The van der Waals surface area contributed by atoms with Gasteiger partial charge in [0.2, 0.25) is 5.89 Å². The number of hydrogen-bond acceptors (Lipinski definition) is 6. The average molecular weight is 308 g/mol. The van der Waals surface area contributed by atoms with Gasteiger partial charge in [-0.3, -0.25) is 14.9 Å². The van der Waals surface area contributed by atoms with Crippen molar-refractivity contribution in [3.63, 3.8) is 0 Å². The van der Waals surface area contributed by atoms with Gasteiger partial charge in [-0.1, -0.05) is 0 Å². The van der Waals surface area contributed by atoms with Gasteiger partial charge in [0.15, 0.2) is 0 Å². The summed E-state index contributed by atoms with van der Waals surface area (Å²) in [5.41, 5.74) is 4.86. The third-order valence-electron chi connectivity index (χ3n) is 3.04. The van der Waals surface area contributed by atoms with Crippen molar-refractivity contribution in [1.29, 1.82) is 0 Å². The molecule has 22 heavy (non-hydrogen) atoms. The fourth-order valence-electron chi connectivity index (χ4n) is 1.81. The number of oxazole rings is 1. The van der Waals surface area contributed by atoms with Crippen molar-refractivity contribution in [3.8, 4) is 0 Å². The first-order chi connectivity index (χ1) is 10.3. The van der Waals surface area contributed by atoms with Crippen LogP contribution in [0.5, 0.6) is 0 Å². The van der Waals surface area contributed by atoms with Gasteiger partial charge in [0.1, 0.15) is 17.3 Å². The molecule has 3 N–H and O–H groups in total. The third-order valence-corrected chi connectivity index (χ3v) is 3.04. The minimum absolute atomic E-state index is 0.0444. The molecule has 1 amide bonds. The molecule has 0 spiro atoms. The zero-order valence-electron chi connectivity index (χ0n) is 11.8. The molecule has 1 heterocycles. The largest absolute Gasteiger partial charge is 0.444 e. The number of rotatable bonds is 4. The predicted octanol–water partition coefficient (Wildman–Crippen LogP) is 1.85. The summed E-state index contributed by atoms with van der Waals surface area (Å²) in [7, 11) is 0. The first kappa shape index (κ1) is 15.4. The van der Waals surface area contributed by atoms with Crippen LogP contribution in [0.3, 0.4) is 0 Å². The summed E-state index contributed by atoms with van der Waals surface area (Å²) in [6.45, 7) is 3.43. The molecular weight excluding hydrogens is 295 g/mol. The zero-order valence-corrected chi connectivity index (χ0v) is 11.8. The lowest BCUT2D eigenvalue weighted by Gasteiger charge is -2.06. The fraction of sp³-hybridized carbons (Fsp3) is 0.231. The monoisotopic (exact) mass is 308 g/mol. The number of aromatic nitrogens is 1.